The standard InChI is InChI=1S/C17H24N4O2/c1-18-15(22)12-21-16(23)6-8-17(21)7-4-10-20(13-17)11-14-5-2-3-9-19-14/h2-3,5,9H,4,6-8,10-13H2,1H3,(H,18,22)/t17-/m1/s1. The minimum atomic E-state index is -0.184. The maximum atomic E-state index is 12.3. The average molecular weight is 316 g/mol. The average Bonchev–Trinajstić information content (AvgIpc) is 2.85. The Kier molecular flexibility index (Phi) is 4.61. The zero-order chi connectivity index (χ0) is 16.3. The first kappa shape index (κ1) is 15.9. The van der Waals surface area contributed by atoms with E-state index in [1.807, 2.05) is 29.3 Å². The maximum absolute atomic E-state index is 12.3. The van der Waals surface area contributed by atoms with Gasteiger partial charge in [0.15, 0.2) is 0 Å². The predicted molar refractivity (Wildman–Crippen MR) is 86.5 cm³/mol. The summed E-state index contributed by atoms with van der Waals surface area (Å²) >= 11 is 0. The van der Waals surface area contributed by atoms with Gasteiger partial charge in [0, 0.05) is 32.8 Å². The minimum Gasteiger partial charge on any atom is -0.358 e. The summed E-state index contributed by atoms with van der Waals surface area (Å²) in [5.74, 6) is 0.00904. The van der Waals surface area contributed by atoms with Crippen molar-refractivity contribution in [2.45, 2.75) is 37.8 Å². The number of hydrogen-bond donors (Lipinski definition) is 1. The normalized spacial score (nSPS) is 25.1. The van der Waals surface area contributed by atoms with Gasteiger partial charge in [0.1, 0.15) is 6.54 Å². The first-order valence-electron chi connectivity index (χ1n) is 8.26. The molecule has 3 rings (SSSR count). The van der Waals surface area contributed by atoms with Gasteiger partial charge in [-0.1, -0.05) is 6.07 Å². The van der Waals surface area contributed by atoms with Crippen LogP contribution in [-0.4, -0.2) is 58.8 Å². The quantitative estimate of drug-likeness (QED) is 0.892. The van der Waals surface area contributed by atoms with Gasteiger partial charge in [-0.05, 0) is 37.9 Å². The summed E-state index contributed by atoms with van der Waals surface area (Å²) in [6.07, 6.45) is 5.24. The Labute approximate surface area is 136 Å². The SMILES string of the molecule is CNC(=O)CN1C(=O)CC[C@@]12CCCN(Cc1ccccn1)C2. The van der Waals surface area contributed by atoms with Crippen LogP contribution in [0.25, 0.3) is 0 Å². The Hall–Kier alpha value is -1.95. The van der Waals surface area contributed by atoms with Gasteiger partial charge in [-0.25, -0.2) is 0 Å². The van der Waals surface area contributed by atoms with E-state index in [4.69, 9.17) is 0 Å². The molecular weight excluding hydrogens is 292 g/mol. The molecule has 2 aliphatic heterocycles. The zero-order valence-corrected chi connectivity index (χ0v) is 13.6. The van der Waals surface area contributed by atoms with E-state index < -0.39 is 0 Å². The molecule has 3 heterocycles. The minimum absolute atomic E-state index is 0.0959. The van der Waals surface area contributed by atoms with Gasteiger partial charge < -0.3 is 10.2 Å². The number of aromatic nitrogens is 1. The molecule has 1 N–H and O–H groups in total. The highest BCUT2D eigenvalue weighted by molar-refractivity contribution is 5.86. The van der Waals surface area contributed by atoms with Gasteiger partial charge in [-0.3, -0.25) is 19.5 Å². The van der Waals surface area contributed by atoms with Crippen LogP contribution in [0.4, 0.5) is 0 Å². The number of pyridine rings is 1. The molecule has 23 heavy (non-hydrogen) atoms. The molecule has 0 bridgehead atoms. The second-order valence-electron chi connectivity index (χ2n) is 6.51. The molecule has 2 aliphatic rings. The third-order valence-electron chi connectivity index (χ3n) is 5.00. The molecule has 1 aromatic rings. The van der Waals surface area contributed by atoms with Gasteiger partial charge >= 0.3 is 0 Å². The van der Waals surface area contributed by atoms with Crippen molar-refractivity contribution in [3.05, 3.63) is 30.1 Å². The highest BCUT2D eigenvalue weighted by Crippen LogP contribution is 2.38. The van der Waals surface area contributed by atoms with Crippen molar-refractivity contribution in [3.8, 4) is 0 Å². The number of rotatable bonds is 4. The summed E-state index contributed by atoms with van der Waals surface area (Å²) in [6, 6.07) is 5.95. The van der Waals surface area contributed by atoms with E-state index >= 15 is 0 Å². The molecule has 0 radical (unpaired) electrons. The fraction of sp³-hybridized carbons (Fsp3) is 0.588. The van der Waals surface area contributed by atoms with Crippen molar-refractivity contribution in [2.75, 3.05) is 26.7 Å². The fourth-order valence-electron chi connectivity index (χ4n) is 3.84. The molecule has 1 spiro atoms. The first-order valence-corrected chi connectivity index (χ1v) is 8.26. The number of amides is 2. The summed E-state index contributed by atoms with van der Waals surface area (Å²) in [6.45, 7) is 2.81. The van der Waals surface area contributed by atoms with Crippen LogP contribution < -0.4 is 5.32 Å². The first-order chi connectivity index (χ1) is 11.1. The van der Waals surface area contributed by atoms with Crippen molar-refractivity contribution >= 4 is 11.8 Å². The van der Waals surface area contributed by atoms with E-state index in [0.29, 0.717) is 6.42 Å². The molecule has 2 fully saturated rings. The lowest BCUT2D eigenvalue weighted by Gasteiger charge is -2.45. The van der Waals surface area contributed by atoms with E-state index in [1.54, 1.807) is 7.05 Å². The second kappa shape index (κ2) is 6.66. The third kappa shape index (κ3) is 3.37. The number of carbonyl (C=O) groups is 2. The van der Waals surface area contributed by atoms with E-state index in [-0.39, 0.29) is 23.9 Å². The topological polar surface area (TPSA) is 65.5 Å². The van der Waals surface area contributed by atoms with Crippen LogP contribution in [0.2, 0.25) is 0 Å². The lowest BCUT2D eigenvalue weighted by molar-refractivity contribution is -0.138. The predicted octanol–water partition coefficient (Wildman–Crippen LogP) is 0.785. The van der Waals surface area contributed by atoms with Crippen molar-refractivity contribution in [2.24, 2.45) is 0 Å². The van der Waals surface area contributed by atoms with Gasteiger partial charge in [-0.2, -0.15) is 0 Å². The summed E-state index contributed by atoms with van der Waals surface area (Å²) in [7, 11) is 1.61. The summed E-state index contributed by atoms with van der Waals surface area (Å²) in [5.41, 5.74) is 0.864. The Morgan fingerprint density at radius 3 is 3.00 bits per heavy atom. The van der Waals surface area contributed by atoms with E-state index in [0.717, 1.165) is 44.6 Å². The molecule has 1 atom stereocenters. The molecule has 2 amide bonds. The lowest BCUT2D eigenvalue weighted by atomic mass is 9.86. The molecular formula is C17H24N4O2. The maximum Gasteiger partial charge on any atom is 0.239 e. The Morgan fingerprint density at radius 1 is 1.39 bits per heavy atom. The van der Waals surface area contributed by atoms with Crippen molar-refractivity contribution < 1.29 is 9.59 Å². The smallest absolute Gasteiger partial charge is 0.239 e. The van der Waals surface area contributed by atoms with Crippen LogP contribution >= 0.6 is 0 Å². The van der Waals surface area contributed by atoms with Crippen molar-refractivity contribution in [1.82, 2.24) is 20.1 Å². The van der Waals surface area contributed by atoms with Crippen LogP contribution in [0.1, 0.15) is 31.4 Å². The number of carbonyl (C=O) groups excluding carboxylic acids is 2. The Balaban J connectivity index is 1.72. The second-order valence-corrected chi connectivity index (χ2v) is 6.51. The van der Waals surface area contributed by atoms with Crippen LogP contribution in [0, 0.1) is 0 Å². The summed E-state index contributed by atoms with van der Waals surface area (Å²) < 4.78 is 0. The summed E-state index contributed by atoms with van der Waals surface area (Å²) in [4.78, 5) is 32.6. The van der Waals surface area contributed by atoms with Gasteiger partial charge in [0.2, 0.25) is 11.8 Å². The number of likely N-dealkylation sites (N-methyl/N-ethyl adjacent to an activating group) is 1. The molecule has 0 aromatic carbocycles. The fourth-order valence-corrected chi connectivity index (χ4v) is 3.84. The van der Waals surface area contributed by atoms with Gasteiger partial charge in [-0.15, -0.1) is 0 Å². The molecule has 2 saturated heterocycles. The molecule has 0 saturated carbocycles. The van der Waals surface area contributed by atoms with Crippen LogP contribution in [-0.2, 0) is 16.1 Å². The van der Waals surface area contributed by atoms with Gasteiger partial charge in [0.05, 0.1) is 11.2 Å². The van der Waals surface area contributed by atoms with Gasteiger partial charge in [0.25, 0.3) is 0 Å². The largest absolute Gasteiger partial charge is 0.358 e. The Bertz CT molecular complexity index is 577. The van der Waals surface area contributed by atoms with E-state index in [2.05, 4.69) is 15.2 Å². The highest BCUT2D eigenvalue weighted by Gasteiger charge is 2.47. The number of piperidine rings is 1. The van der Waals surface area contributed by atoms with Crippen molar-refractivity contribution in [3.63, 3.8) is 0 Å². The Morgan fingerprint density at radius 2 is 2.26 bits per heavy atom. The number of hydrogen-bond acceptors (Lipinski definition) is 4. The van der Waals surface area contributed by atoms with Crippen LogP contribution in [0.3, 0.4) is 0 Å². The van der Waals surface area contributed by atoms with E-state index in [1.165, 1.54) is 0 Å². The summed E-state index contributed by atoms with van der Waals surface area (Å²) in [5, 5.41) is 2.63. The molecule has 0 aliphatic carbocycles. The molecule has 6 heteroatoms. The number of nitrogens with zero attached hydrogens (tertiary/aromatic N) is 3. The van der Waals surface area contributed by atoms with Crippen molar-refractivity contribution in [1.29, 1.82) is 0 Å². The number of nitrogens with one attached hydrogen (secondary N) is 1. The molecule has 1 aromatic heterocycles. The van der Waals surface area contributed by atoms with Crippen LogP contribution in [0.5, 0.6) is 0 Å². The molecule has 6 nitrogen and oxygen atoms in total. The van der Waals surface area contributed by atoms with Crippen LogP contribution in [0.15, 0.2) is 24.4 Å². The third-order valence-corrected chi connectivity index (χ3v) is 5.00. The molecule has 0 unspecified atom stereocenters. The van der Waals surface area contributed by atoms with E-state index in [9.17, 15) is 9.59 Å². The number of likely N-dealkylation sites (tertiary alicyclic amines) is 2. The monoisotopic (exact) mass is 316 g/mol. The molecule has 124 valence electrons. The highest BCUT2D eigenvalue weighted by atomic mass is 16.2. The zero-order valence-electron chi connectivity index (χ0n) is 13.6. The lowest BCUT2D eigenvalue weighted by Crippen LogP contribution is -2.58.